The molecule has 3 aromatic carbocycles. The fourth-order valence-electron chi connectivity index (χ4n) is 3.97. The summed E-state index contributed by atoms with van der Waals surface area (Å²) in [6.07, 6.45) is 3.32. The van der Waals surface area contributed by atoms with E-state index >= 15 is 0 Å². The van der Waals surface area contributed by atoms with E-state index in [9.17, 15) is 9.59 Å². The summed E-state index contributed by atoms with van der Waals surface area (Å²) < 4.78 is 5.65. The van der Waals surface area contributed by atoms with Crippen LogP contribution < -0.4 is 0 Å². The number of fused-ring (bicyclic) bond motifs is 2. The molecule has 1 atom stereocenters. The predicted octanol–water partition coefficient (Wildman–Crippen LogP) is 5.12. The van der Waals surface area contributed by atoms with Gasteiger partial charge in [-0.15, -0.1) is 0 Å². The highest BCUT2D eigenvalue weighted by atomic mass is 35.5. The first kappa shape index (κ1) is 17.7. The van der Waals surface area contributed by atoms with Gasteiger partial charge in [0, 0.05) is 5.02 Å². The van der Waals surface area contributed by atoms with Crippen molar-refractivity contribution in [3.05, 3.63) is 82.4 Å². The third-order valence-corrected chi connectivity index (χ3v) is 5.60. The van der Waals surface area contributed by atoms with E-state index < -0.39 is 11.4 Å². The van der Waals surface area contributed by atoms with Gasteiger partial charge in [-0.25, -0.2) is 4.79 Å². The van der Waals surface area contributed by atoms with Gasteiger partial charge in [0.15, 0.2) is 0 Å². The summed E-state index contributed by atoms with van der Waals surface area (Å²) in [5, 5.41) is 2.49. The molecule has 0 unspecified atom stereocenters. The number of hydrogen-bond donors (Lipinski definition) is 0. The number of halogens is 1. The molecule has 136 valence electrons. The SMILES string of the molecule is O=C[C@]1(COC(=O)c2cccc3ccccc23)CCCc2cc(Cl)ccc21. The van der Waals surface area contributed by atoms with Crippen LogP contribution in [0.4, 0.5) is 0 Å². The minimum Gasteiger partial charge on any atom is -0.461 e. The number of aldehydes is 1. The average Bonchev–Trinajstić information content (AvgIpc) is 2.71. The molecular weight excluding hydrogens is 360 g/mol. The highest BCUT2D eigenvalue weighted by molar-refractivity contribution is 6.30. The van der Waals surface area contributed by atoms with Crippen LogP contribution in [-0.2, 0) is 21.4 Å². The first-order valence-electron chi connectivity index (χ1n) is 9.03. The van der Waals surface area contributed by atoms with Crippen molar-refractivity contribution in [2.75, 3.05) is 6.61 Å². The molecule has 0 spiro atoms. The molecule has 1 aliphatic rings. The number of ether oxygens (including phenoxy) is 1. The lowest BCUT2D eigenvalue weighted by molar-refractivity contribution is -0.114. The summed E-state index contributed by atoms with van der Waals surface area (Å²) in [5.41, 5.74) is 1.68. The Balaban J connectivity index is 1.62. The van der Waals surface area contributed by atoms with E-state index in [0.29, 0.717) is 17.0 Å². The normalized spacial score (nSPS) is 18.7. The number of aryl methyl sites for hydroxylation is 1. The van der Waals surface area contributed by atoms with Crippen molar-refractivity contribution in [1.82, 2.24) is 0 Å². The number of rotatable bonds is 4. The summed E-state index contributed by atoms with van der Waals surface area (Å²) in [4.78, 5) is 24.8. The molecule has 4 rings (SSSR count). The van der Waals surface area contributed by atoms with Crippen LogP contribution in [0, 0.1) is 0 Å². The Labute approximate surface area is 162 Å². The average molecular weight is 379 g/mol. The molecule has 4 heteroatoms. The van der Waals surface area contributed by atoms with Crippen LogP contribution in [0.1, 0.15) is 34.3 Å². The van der Waals surface area contributed by atoms with Gasteiger partial charge in [0.1, 0.15) is 12.9 Å². The van der Waals surface area contributed by atoms with E-state index in [4.69, 9.17) is 16.3 Å². The van der Waals surface area contributed by atoms with Crippen LogP contribution in [0.5, 0.6) is 0 Å². The Morgan fingerprint density at radius 3 is 2.78 bits per heavy atom. The molecule has 0 aliphatic heterocycles. The smallest absolute Gasteiger partial charge is 0.338 e. The maximum absolute atomic E-state index is 12.8. The third-order valence-electron chi connectivity index (χ3n) is 5.37. The van der Waals surface area contributed by atoms with Crippen LogP contribution in [0.25, 0.3) is 10.8 Å². The van der Waals surface area contributed by atoms with Gasteiger partial charge < -0.3 is 9.53 Å². The highest BCUT2D eigenvalue weighted by Crippen LogP contribution is 2.37. The van der Waals surface area contributed by atoms with E-state index in [2.05, 4.69) is 0 Å². The van der Waals surface area contributed by atoms with Crippen molar-refractivity contribution in [2.24, 2.45) is 0 Å². The molecule has 0 amide bonds. The molecular formula is C23H19ClO3. The zero-order chi connectivity index (χ0) is 18.9. The topological polar surface area (TPSA) is 43.4 Å². The number of carbonyl (C=O) groups is 2. The van der Waals surface area contributed by atoms with E-state index in [1.807, 2.05) is 48.5 Å². The Kier molecular flexibility index (Phi) is 4.71. The quantitative estimate of drug-likeness (QED) is 0.467. The molecule has 0 fully saturated rings. The van der Waals surface area contributed by atoms with Gasteiger partial charge in [-0.1, -0.05) is 54.1 Å². The Hall–Kier alpha value is -2.65. The lowest BCUT2D eigenvalue weighted by Crippen LogP contribution is -2.38. The largest absolute Gasteiger partial charge is 0.461 e. The number of esters is 1. The number of carbonyl (C=O) groups excluding carboxylic acids is 2. The van der Waals surface area contributed by atoms with Crippen molar-refractivity contribution in [1.29, 1.82) is 0 Å². The highest BCUT2D eigenvalue weighted by Gasteiger charge is 2.38. The second kappa shape index (κ2) is 7.16. The van der Waals surface area contributed by atoms with Crippen molar-refractivity contribution in [2.45, 2.75) is 24.7 Å². The van der Waals surface area contributed by atoms with Gasteiger partial charge in [-0.2, -0.15) is 0 Å². The molecule has 1 aliphatic carbocycles. The fraction of sp³-hybridized carbons (Fsp3) is 0.217. The molecule has 0 N–H and O–H groups in total. The molecule has 0 aromatic heterocycles. The van der Waals surface area contributed by atoms with Gasteiger partial charge in [0.2, 0.25) is 0 Å². The second-order valence-corrected chi connectivity index (χ2v) is 7.47. The van der Waals surface area contributed by atoms with Crippen molar-refractivity contribution >= 4 is 34.6 Å². The van der Waals surface area contributed by atoms with Crippen molar-refractivity contribution < 1.29 is 14.3 Å². The maximum atomic E-state index is 12.8. The van der Waals surface area contributed by atoms with Crippen molar-refractivity contribution in [3.63, 3.8) is 0 Å². The minimum atomic E-state index is -0.807. The monoisotopic (exact) mass is 378 g/mol. The lowest BCUT2D eigenvalue weighted by Gasteiger charge is -2.34. The molecule has 27 heavy (non-hydrogen) atoms. The lowest BCUT2D eigenvalue weighted by atomic mass is 9.71. The predicted molar refractivity (Wildman–Crippen MR) is 106 cm³/mol. The summed E-state index contributed by atoms with van der Waals surface area (Å²) in [7, 11) is 0. The number of hydrogen-bond acceptors (Lipinski definition) is 3. The second-order valence-electron chi connectivity index (χ2n) is 7.03. The van der Waals surface area contributed by atoms with E-state index in [1.54, 1.807) is 12.1 Å². The summed E-state index contributed by atoms with van der Waals surface area (Å²) >= 11 is 6.10. The first-order chi connectivity index (χ1) is 13.1. The van der Waals surface area contributed by atoms with Gasteiger partial charge in [-0.3, -0.25) is 0 Å². The molecule has 0 bridgehead atoms. The van der Waals surface area contributed by atoms with Crippen LogP contribution in [0.15, 0.2) is 60.7 Å². The summed E-state index contributed by atoms with van der Waals surface area (Å²) in [6.45, 7) is 0.0349. The molecule has 0 heterocycles. The molecule has 3 aromatic rings. The van der Waals surface area contributed by atoms with Gasteiger partial charge >= 0.3 is 5.97 Å². The maximum Gasteiger partial charge on any atom is 0.338 e. The van der Waals surface area contributed by atoms with Crippen LogP contribution >= 0.6 is 11.6 Å². The Morgan fingerprint density at radius 1 is 1.11 bits per heavy atom. The fourth-order valence-corrected chi connectivity index (χ4v) is 4.16. The van der Waals surface area contributed by atoms with Crippen LogP contribution in [-0.4, -0.2) is 18.9 Å². The van der Waals surface area contributed by atoms with Crippen LogP contribution in [0.2, 0.25) is 5.02 Å². The van der Waals surface area contributed by atoms with Crippen LogP contribution in [0.3, 0.4) is 0 Å². The standard InChI is InChI=1S/C23H19ClO3/c24-18-10-11-21-17(13-18)7-4-12-23(21,14-25)15-27-22(26)20-9-3-6-16-5-1-2-8-19(16)20/h1-3,5-6,8-11,13-14H,4,7,12,15H2/t23-/m0/s1. The summed E-state index contributed by atoms with van der Waals surface area (Å²) in [5.74, 6) is -0.408. The number of benzene rings is 3. The van der Waals surface area contributed by atoms with E-state index in [0.717, 1.165) is 41.0 Å². The van der Waals surface area contributed by atoms with Gasteiger partial charge in [0.25, 0.3) is 0 Å². The molecule has 0 radical (unpaired) electrons. The Bertz CT molecular complexity index is 1020. The summed E-state index contributed by atoms with van der Waals surface area (Å²) in [6, 6.07) is 18.8. The van der Waals surface area contributed by atoms with Gasteiger partial charge in [-0.05, 0) is 59.4 Å². The minimum absolute atomic E-state index is 0.0349. The third kappa shape index (κ3) is 3.24. The zero-order valence-corrected chi connectivity index (χ0v) is 15.5. The zero-order valence-electron chi connectivity index (χ0n) is 14.8. The molecule has 0 saturated carbocycles. The first-order valence-corrected chi connectivity index (χ1v) is 9.41. The van der Waals surface area contributed by atoms with Gasteiger partial charge in [0.05, 0.1) is 11.0 Å². The Morgan fingerprint density at radius 2 is 1.93 bits per heavy atom. The molecule has 3 nitrogen and oxygen atoms in total. The van der Waals surface area contributed by atoms with E-state index in [-0.39, 0.29) is 6.61 Å². The molecule has 0 saturated heterocycles. The van der Waals surface area contributed by atoms with E-state index in [1.165, 1.54) is 0 Å². The van der Waals surface area contributed by atoms with Crippen molar-refractivity contribution in [3.8, 4) is 0 Å².